The van der Waals surface area contributed by atoms with Crippen molar-refractivity contribution in [2.45, 2.75) is 39.0 Å². The van der Waals surface area contributed by atoms with Gasteiger partial charge in [-0.05, 0) is 56.2 Å². The summed E-state index contributed by atoms with van der Waals surface area (Å²) < 4.78 is 5.10. The number of amides is 1. The third-order valence-corrected chi connectivity index (χ3v) is 4.83. The summed E-state index contributed by atoms with van der Waals surface area (Å²) in [6.45, 7) is 2.12. The van der Waals surface area contributed by atoms with Crippen molar-refractivity contribution >= 4 is 28.9 Å². The van der Waals surface area contributed by atoms with E-state index in [2.05, 4.69) is 10.6 Å². The third-order valence-electron chi connectivity index (χ3n) is 4.83. The molecule has 3 rings (SSSR count). The zero-order valence-corrected chi connectivity index (χ0v) is 15.7. The normalized spacial score (nSPS) is 14.4. The molecule has 27 heavy (non-hydrogen) atoms. The highest BCUT2D eigenvalue weighted by Gasteiger charge is 2.21. The fourth-order valence-electron chi connectivity index (χ4n) is 3.38. The first-order valence-corrected chi connectivity index (χ1v) is 9.61. The van der Waals surface area contributed by atoms with E-state index in [0.717, 1.165) is 37.1 Å². The Morgan fingerprint density at radius 2 is 1.63 bits per heavy atom. The Morgan fingerprint density at radius 1 is 0.963 bits per heavy atom. The molecule has 0 aliphatic heterocycles. The van der Waals surface area contributed by atoms with Gasteiger partial charge < -0.3 is 15.4 Å². The van der Waals surface area contributed by atoms with Crippen molar-refractivity contribution in [3.63, 3.8) is 0 Å². The average Bonchev–Trinajstić information content (AvgIpc) is 2.70. The maximum absolute atomic E-state index is 12.3. The molecule has 0 unspecified atom stereocenters. The molecule has 5 nitrogen and oxygen atoms in total. The zero-order chi connectivity index (χ0) is 19.1. The summed E-state index contributed by atoms with van der Waals surface area (Å²) in [6, 6.07) is 14.8. The minimum atomic E-state index is -0.350. The Morgan fingerprint density at radius 3 is 2.33 bits per heavy atom. The van der Waals surface area contributed by atoms with Gasteiger partial charge in [-0.1, -0.05) is 31.4 Å². The molecule has 2 N–H and O–H groups in total. The lowest BCUT2D eigenvalue weighted by molar-refractivity contribution is -0.120. The number of hydrogen-bond acceptors (Lipinski definition) is 4. The van der Waals surface area contributed by atoms with Crippen LogP contribution in [0.4, 0.5) is 17.1 Å². The molecule has 2 aromatic rings. The average molecular weight is 366 g/mol. The van der Waals surface area contributed by atoms with Gasteiger partial charge in [0.2, 0.25) is 5.91 Å². The van der Waals surface area contributed by atoms with Crippen LogP contribution in [0.3, 0.4) is 0 Å². The van der Waals surface area contributed by atoms with Crippen LogP contribution < -0.4 is 10.6 Å². The molecule has 142 valence electrons. The van der Waals surface area contributed by atoms with Gasteiger partial charge in [-0.25, -0.2) is 4.79 Å². The smallest absolute Gasteiger partial charge is 0.340 e. The number of benzene rings is 2. The van der Waals surface area contributed by atoms with Crippen LogP contribution in [-0.4, -0.2) is 18.5 Å². The van der Waals surface area contributed by atoms with Gasteiger partial charge in [0.1, 0.15) is 0 Å². The van der Waals surface area contributed by atoms with E-state index in [0.29, 0.717) is 17.9 Å². The first-order chi connectivity index (χ1) is 13.2. The Hall–Kier alpha value is -2.82. The van der Waals surface area contributed by atoms with E-state index in [-0.39, 0.29) is 17.8 Å². The van der Waals surface area contributed by atoms with E-state index in [1.54, 1.807) is 19.1 Å². The van der Waals surface area contributed by atoms with Gasteiger partial charge >= 0.3 is 5.97 Å². The van der Waals surface area contributed by atoms with E-state index >= 15 is 0 Å². The number of nitrogens with one attached hydrogen (secondary N) is 2. The van der Waals surface area contributed by atoms with Crippen molar-refractivity contribution < 1.29 is 14.3 Å². The van der Waals surface area contributed by atoms with Crippen molar-refractivity contribution in [3.8, 4) is 0 Å². The minimum Gasteiger partial charge on any atom is -0.462 e. The summed E-state index contributed by atoms with van der Waals surface area (Å²) in [4.78, 5) is 24.4. The molecule has 2 aromatic carbocycles. The number of hydrogen-bond donors (Lipinski definition) is 2. The molecule has 0 radical (unpaired) electrons. The zero-order valence-electron chi connectivity index (χ0n) is 15.7. The Balaban J connectivity index is 1.64. The van der Waals surface area contributed by atoms with Gasteiger partial charge in [0, 0.05) is 17.3 Å². The van der Waals surface area contributed by atoms with E-state index in [9.17, 15) is 9.59 Å². The molecular formula is C22H26N2O3. The number of carbonyl (C=O) groups is 2. The third kappa shape index (κ3) is 5.09. The highest BCUT2D eigenvalue weighted by molar-refractivity contribution is 5.96. The van der Waals surface area contributed by atoms with Crippen LogP contribution in [0.5, 0.6) is 0 Å². The van der Waals surface area contributed by atoms with Crippen LogP contribution in [-0.2, 0) is 9.53 Å². The molecule has 0 spiro atoms. The molecule has 0 heterocycles. The summed E-state index contributed by atoms with van der Waals surface area (Å²) in [7, 11) is 0. The molecule has 0 atom stereocenters. The lowest BCUT2D eigenvalue weighted by Gasteiger charge is -2.20. The molecule has 0 bridgehead atoms. The Bertz CT molecular complexity index is 780. The van der Waals surface area contributed by atoms with Gasteiger partial charge in [0.05, 0.1) is 17.9 Å². The van der Waals surface area contributed by atoms with Gasteiger partial charge in [-0.3, -0.25) is 4.79 Å². The highest BCUT2D eigenvalue weighted by atomic mass is 16.5. The molecular weight excluding hydrogens is 340 g/mol. The van der Waals surface area contributed by atoms with E-state index in [1.165, 1.54) is 6.42 Å². The molecule has 1 saturated carbocycles. The van der Waals surface area contributed by atoms with Crippen molar-refractivity contribution in [2.24, 2.45) is 5.92 Å². The first kappa shape index (κ1) is 19.0. The highest BCUT2D eigenvalue weighted by Crippen LogP contribution is 2.26. The predicted molar refractivity (Wildman–Crippen MR) is 107 cm³/mol. The summed E-state index contributed by atoms with van der Waals surface area (Å²) >= 11 is 0. The SMILES string of the molecule is CCOC(=O)c1ccccc1Nc1ccc(NC(=O)C2CCCCC2)cc1. The maximum atomic E-state index is 12.3. The van der Waals surface area contributed by atoms with Crippen LogP contribution in [0.2, 0.25) is 0 Å². The van der Waals surface area contributed by atoms with Gasteiger partial charge in [-0.15, -0.1) is 0 Å². The molecule has 1 aliphatic carbocycles. The number of rotatable bonds is 6. The fourth-order valence-corrected chi connectivity index (χ4v) is 3.38. The van der Waals surface area contributed by atoms with Gasteiger partial charge in [0.25, 0.3) is 0 Å². The monoisotopic (exact) mass is 366 g/mol. The second-order valence-electron chi connectivity index (χ2n) is 6.79. The predicted octanol–water partition coefficient (Wildman–Crippen LogP) is 5.13. The Labute approximate surface area is 160 Å². The number of para-hydroxylation sites is 1. The largest absolute Gasteiger partial charge is 0.462 e. The van der Waals surface area contributed by atoms with Crippen LogP contribution in [0, 0.1) is 5.92 Å². The second-order valence-corrected chi connectivity index (χ2v) is 6.79. The molecule has 0 saturated heterocycles. The maximum Gasteiger partial charge on any atom is 0.340 e. The number of carbonyl (C=O) groups excluding carboxylic acids is 2. The molecule has 5 heteroatoms. The van der Waals surface area contributed by atoms with Crippen LogP contribution in [0.25, 0.3) is 0 Å². The summed E-state index contributed by atoms with van der Waals surface area (Å²) in [5.41, 5.74) is 2.81. The first-order valence-electron chi connectivity index (χ1n) is 9.61. The molecule has 1 fully saturated rings. The molecule has 1 aliphatic rings. The topological polar surface area (TPSA) is 67.4 Å². The lowest BCUT2D eigenvalue weighted by Crippen LogP contribution is -2.24. The van der Waals surface area contributed by atoms with Crippen molar-refractivity contribution in [1.29, 1.82) is 0 Å². The summed E-state index contributed by atoms with van der Waals surface area (Å²) in [5.74, 6) is -0.104. The van der Waals surface area contributed by atoms with E-state index in [1.807, 2.05) is 36.4 Å². The quantitative estimate of drug-likeness (QED) is 0.696. The Kier molecular flexibility index (Phi) is 6.47. The van der Waals surface area contributed by atoms with Crippen molar-refractivity contribution in [1.82, 2.24) is 0 Å². The van der Waals surface area contributed by atoms with Crippen molar-refractivity contribution in [2.75, 3.05) is 17.2 Å². The number of esters is 1. The minimum absolute atomic E-state index is 0.114. The van der Waals surface area contributed by atoms with Crippen LogP contribution >= 0.6 is 0 Å². The van der Waals surface area contributed by atoms with Gasteiger partial charge in [-0.2, -0.15) is 0 Å². The standard InChI is InChI=1S/C22H26N2O3/c1-2-27-22(26)19-10-6-7-11-20(19)23-17-12-14-18(15-13-17)24-21(25)16-8-4-3-5-9-16/h6-7,10-16,23H,2-5,8-9H2,1H3,(H,24,25). The lowest BCUT2D eigenvalue weighted by atomic mass is 9.88. The fraction of sp³-hybridized carbons (Fsp3) is 0.364. The number of anilines is 3. The van der Waals surface area contributed by atoms with Gasteiger partial charge in [0.15, 0.2) is 0 Å². The number of ether oxygens (including phenoxy) is 1. The van der Waals surface area contributed by atoms with E-state index < -0.39 is 0 Å². The summed E-state index contributed by atoms with van der Waals surface area (Å²) in [6.07, 6.45) is 5.48. The second kappa shape index (κ2) is 9.21. The summed E-state index contributed by atoms with van der Waals surface area (Å²) in [5, 5.41) is 6.25. The van der Waals surface area contributed by atoms with Crippen LogP contribution in [0.1, 0.15) is 49.4 Å². The molecule has 0 aromatic heterocycles. The van der Waals surface area contributed by atoms with Crippen molar-refractivity contribution in [3.05, 3.63) is 54.1 Å². The van der Waals surface area contributed by atoms with Crippen LogP contribution in [0.15, 0.2) is 48.5 Å². The molecule has 1 amide bonds. The van der Waals surface area contributed by atoms with E-state index in [4.69, 9.17) is 4.74 Å².